The van der Waals surface area contributed by atoms with Crippen molar-refractivity contribution in [1.82, 2.24) is 3.53 Å². The lowest BCUT2D eigenvalue weighted by Gasteiger charge is -2.42. The Labute approximate surface area is 254 Å². The molecule has 1 heterocycles. The van der Waals surface area contributed by atoms with Gasteiger partial charge in [-0.3, -0.25) is 17.9 Å². The Hall–Kier alpha value is -2.37. The summed E-state index contributed by atoms with van der Waals surface area (Å²) in [6.45, 7) is 0.626. The molecule has 12 nitrogen and oxygen atoms in total. The zero-order valence-electron chi connectivity index (χ0n) is 21.9. The normalized spacial score (nSPS) is 28.7. The summed E-state index contributed by atoms with van der Waals surface area (Å²) in [5.74, 6) is -3.70. The van der Waals surface area contributed by atoms with E-state index >= 15 is 0 Å². The van der Waals surface area contributed by atoms with Gasteiger partial charge in [0.1, 0.15) is 29.5 Å². The highest BCUT2D eigenvalue weighted by molar-refractivity contribution is 14.1. The predicted octanol–water partition coefficient (Wildman–Crippen LogP) is 1.40. The van der Waals surface area contributed by atoms with Gasteiger partial charge in [-0.1, -0.05) is 12.1 Å². The molecule has 1 fully saturated rings. The zero-order valence-corrected chi connectivity index (χ0v) is 24.9. The highest BCUT2D eigenvalue weighted by Gasteiger charge is 2.50. The summed E-state index contributed by atoms with van der Waals surface area (Å²) in [5, 5.41) is 54.1. The maximum Gasteiger partial charge on any atom is 0.202 e. The summed E-state index contributed by atoms with van der Waals surface area (Å²) in [7, 11) is 1.33. The number of rotatable bonds is 6. The second kappa shape index (κ2) is 11.7. The first kappa shape index (κ1) is 31.6. The van der Waals surface area contributed by atoms with Crippen molar-refractivity contribution in [2.75, 3.05) is 13.7 Å². The number of carbonyl (C=O) groups excluding carboxylic acids is 3. The molecule has 2 aliphatic carbocycles. The standard InChI is InChI=1S/C27H28INO11.ClH/c1-10-22(32)13(29-28)6-17(39-10)40-15-8-27(37,16(31)9-30)7-12-19(15)26(36)21-20(24(12)34)23(33)11-4-3-5-14(38-2)18(11)25(21)35;/h3-5,10,13,15,17,22,29-30,32,34,36-37H,6-9H2,1-2H3;1H/t10?,13?,15-,17?,22?,27-;/m0./s1. The first-order chi connectivity index (χ1) is 19.0. The largest absolute Gasteiger partial charge is 0.507 e. The number of aliphatic hydroxyl groups excluding tert-OH is 2. The molecular weight excluding hydrogens is 677 g/mol. The second-order valence-corrected chi connectivity index (χ2v) is 10.8. The van der Waals surface area contributed by atoms with Crippen molar-refractivity contribution in [1.29, 1.82) is 0 Å². The predicted molar refractivity (Wildman–Crippen MR) is 152 cm³/mol. The van der Waals surface area contributed by atoms with Gasteiger partial charge in [-0.25, -0.2) is 0 Å². The molecule has 41 heavy (non-hydrogen) atoms. The number of phenols is 2. The highest BCUT2D eigenvalue weighted by atomic mass is 127. The van der Waals surface area contributed by atoms with Crippen molar-refractivity contribution >= 4 is 52.6 Å². The minimum Gasteiger partial charge on any atom is -0.507 e. The number of hydrogen-bond donors (Lipinski definition) is 6. The Morgan fingerprint density at radius 1 is 1.17 bits per heavy atom. The van der Waals surface area contributed by atoms with Crippen molar-refractivity contribution in [3.05, 3.63) is 51.6 Å². The lowest BCUT2D eigenvalue weighted by molar-refractivity contribution is -0.248. The first-order valence-corrected chi connectivity index (χ1v) is 13.6. The number of aliphatic hydroxyl groups is 3. The van der Waals surface area contributed by atoms with Crippen molar-refractivity contribution in [2.24, 2.45) is 0 Å². The van der Waals surface area contributed by atoms with E-state index in [2.05, 4.69) is 3.53 Å². The van der Waals surface area contributed by atoms with Gasteiger partial charge in [-0.2, -0.15) is 0 Å². The molecular formula is C27H29ClINO11. The number of Topliss-reactive ketones (excluding diaryl/α,β-unsaturated/α-hetero) is 1. The number of ketones is 3. The Kier molecular flexibility index (Phi) is 9.02. The molecule has 2 aromatic carbocycles. The van der Waals surface area contributed by atoms with Crippen LogP contribution in [0.5, 0.6) is 17.2 Å². The molecule has 4 unspecified atom stereocenters. The van der Waals surface area contributed by atoms with E-state index in [1.54, 1.807) is 6.92 Å². The van der Waals surface area contributed by atoms with Crippen LogP contribution < -0.4 is 8.27 Å². The molecule has 3 aliphatic rings. The van der Waals surface area contributed by atoms with Gasteiger partial charge >= 0.3 is 0 Å². The summed E-state index contributed by atoms with van der Waals surface area (Å²) >= 11 is 1.89. The van der Waals surface area contributed by atoms with Crippen molar-refractivity contribution in [2.45, 2.75) is 62.4 Å². The fourth-order valence-corrected chi connectivity index (χ4v) is 6.45. The Morgan fingerprint density at radius 2 is 1.85 bits per heavy atom. The van der Waals surface area contributed by atoms with Crippen LogP contribution >= 0.6 is 35.3 Å². The summed E-state index contributed by atoms with van der Waals surface area (Å²) in [6.07, 6.45) is -4.69. The maximum atomic E-state index is 13.7. The molecule has 0 amide bonds. The van der Waals surface area contributed by atoms with Gasteiger partial charge in [-0.05, 0) is 13.0 Å². The van der Waals surface area contributed by atoms with Crippen molar-refractivity contribution < 1.29 is 54.1 Å². The smallest absolute Gasteiger partial charge is 0.202 e. The SMILES string of the molecule is COc1cccc2c1C(=O)c1c(O)c3c(c(O)c1C2=O)C[C@@](O)(C(=O)CO)C[C@@H]3OC1CC(NI)C(O)C(C)O1.Cl. The van der Waals surface area contributed by atoms with Gasteiger partial charge in [0.05, 0.1) is 42.1 Å². The molecule has 222 valence electrons. The molecule has 6 atom stereocenters. The van der Waals surface area contributed by atoms with Crippen molar-refractivity contribution in [3.63, 3.8) is 0 Å². The minimum absolute atomic E-state index is 0. The fraction of sp³-hybridized carbons (Fsp3) is 0.444. The number of fused-ring (bicyclic) bond motifs is 3. The summed E-state index contributed by atoms with van der Waals surface area (Å²) < 4.78 is 20.2. The molecule has 0 spiro atoms. The van der Waals surface area contributed by atoms with Crippen LogP contribution in [0.25, 0.3) is 0 Å². The molecule has 14 heteroatoms. The topological polar surface area (TPSA) is 192 Å². The van der Waals surface area contributed by atoms with E-state index in [9.17, 15) is 39.9 Å². The summed E-state index contributed by atoms with van der Waals surface area (Å²) in [5.41, 5.74) is -3.53. The molecule has 2 aromatic rings. The van der Waals surface area contributed by atoms with E-state index in [4.69, 9.17) is 14.2 Å². The lowest BCUT2D eigenvalue weighted by atomic mass is 9.72. The van der Waals surface area contributed by atoms with Gasteiger partial charge < -0.3 is 39.7 Å². The number of hydrogen-bond acceptors (Lipinski definition) is 12. The molecule has 5 rings (SSSR count). The molecule has 1 aliphatic heterocycles. The van der Waals surface area contributed by atoms with Gasteiger partial charge in [0.15, 0.2) is 17.9 Å². The monoisotopic (exact) mass is 705 g/mol. The maximum absolute atomic E-state index is 13.7. The van der Waals surface area contributed by atoms with E-state index < -0.39 is 95.7 Å². The number of aromatic hydroxyl groups is 2. The molecule has 0 bridgehead atoms. The van der Waals surface area contributed by atoms with E-state index in [-0.39, 0.29) is 46.8 Å². The van der Waals surface area contributed by atoms with Gasteiger partial charge in [-0.15, -0.1) is 12.4 Å². The van der Waals surface area contributed by atoms with Crippen LogP contribution in [0.2, 0.25) is 0 Å². The van der Waals surface area contributed by atoms with Gasteiger partial charge in [0.2, 0.25) is 5.78 Å². The Bertz CT molecular complexity index is 1420. The minimum atomic E-state index is -2.23. The summed E-state index contributed by atoms with van der Waals surface area (Å²) in [4.78, 5) is 39.9. The average Bonchev–Trinajstić information content (AvgIpc) is 2.94. The van der Waals surface area contributed by atoms with Gasteiger partial charge in [0.25, 0.3) is 0 Å². The number of ether oxygens (including phenoxy) is 3. The summed E-state index contributed by atoms with van der Waals surface area (Å²) in [6, 6.07) is 3.95. The average molecular weight is 706 g/mol. The quantitative estimate of drug-likeness (QED) is 0.123. The van der Waals surface area contributed by atoms with Crippen LogP contribution in [-0.2, 0) is 20.7 Å². The Balaban J connectivity index is 0.00000387. The van der Waals surface area contributed by atoms with Crippen LogP contribution in [0.4, 0.5) is 0 Å². The number of phenolic OH excluding ortho intramolecular Hbond substituents is 2. The third-order valence-corrected chi connectivity index (χ3v) is 8.70. The van der Waals surface area contributed by atoms with E-state index in [0.717, 1.165) is 0 Å². The van der Waals surface area contributed by atoms with E-state index in [1.165, 1.54) is 25.3 Å². The zero-order chi connectivity index (χ0) is 29.1. The van der Waals surface area contributed by atoms with Crippen LogP contribution in [0.1, 0.15) is 68.8 Å². The van der Waals surface area contributed by atoms with Crippen LogP contribution in [0.3, 0.4) is 0 Å². The second-order valence-electron chi connectivity index (χ2n) is 10.2. The van der Waals surface area contributed by atoms with Crippen molar-refractivity contribution in [3.8, 4) is 17.2 Å². The number of benzene rings is 2. The number of methoxy groups -OCH3 is 1. The van der Waals surface area contributed by atoms with Crippen LogP contribution in [-0.4, -0.2) is 86.7 Å². The molecule has 6 N–H and O–H groups in total. The molecule has 1 saturated heterocycles. The molecule has 0 aromatic heterocycles. The highest BCUT2D eigenvalue weighted by Crippen LogP contribution is 2.52. The number of nitrogens with one attached hydrogen (secondary N) is 1. The van der Waals surface area contributed by atoms with E-state index in [1.807, 2.05) is 22.9 Å². The first-order valence-electron chi connectivity index (χ1n) is 12.6. The van der Waals surface area contributed by atoms with Gasteiger partial charge in [0, 0.05) is 64.9 Å². The number of carbonyl (C=O) groups is 3. The fourth-order valence-electron chi connectivity index (χ4n) is 5.82. The third-order valence-electron chi connectivity index (χ3n) is 7.90. The van der Waals surface area contributed by atoms with E-state index in [0.29, 0.717) is 0 Å². The Morgan fingerprint density at radius 3 is 2.49 bits per heavy atom. The molecule has 0 saturated carbocycles. The van der Waals surface area contributed by atoms with Crippen LogP contribution in [0, 0.1) is 0 Å². The lowest BCUT2D eigenvalue weighted by Crippen LogP contribution is -2.52. The molecule has 0 radical (unpaired) electrons. The third kappa shape index (κ3) is 5.01. The number of halogens is 2. The van der Waals surface area contributed by atoms with Crippen LogP contribution in [0.15, 0.2) is 18.2 Å².